The van der Waals surface area contributed by atoms with Crippen molar-refractivity contribution in [1.82, 2.24) is 10.6 Å². The highest BCUT2D eigenvalue weighted by atomic mass is 19.4. The number of rotatable bonds is 0. The predicted octanol–water partition coefficient (Wildman–Crippen LogP) is 1.33. The average molecular weight is 204 g/mol. The van der Waals surface area contributed by atoms with Gasteiger partial charge in [0.05, 0.1) is 5.57 Å². The molecule has 5 heteroatoms. The van der Waals surface area contributed by atoms with Gasteiger partial charge in [-0.3, -0.25) is 0 Å². The highest BCUT2D eigenvalue weighted by Crippen LogP contribution is 2.29. The largest absolute Gasteiger partial charge is 0.414 e. The van der Waals surface area contributed by atoms with Gasteiger partial charge in [-0.25, -0.2) is 0 Å². The highest BCUT2D eigenvalue weighted by Gasteiger charge is 2.35. The van der Waals surface area contributed by atoms with Crippen molar-refractivity contribution < 1.29 is 13.2 Å². The second-order valence-electron chi connectivity index (χ2n) is 3.45. The Morgan fingerprint density at radius 2 is 2.00 bits per heavy atom. The molecule has 0 fully saturated rings. The minimum atomic E-state index is -4.21. The molecular formula is C9H11F3N2. The number of dihydropyridines is 1. The summed E-state index contributed by atoms with van der Waals surface area (Å²) in [5.41, 5.74) is 1.21. The van der Waals surface area contributed by atoms with Gasteiger partial charge in [-0.1, -0.05) is 0 Å². The molecule has 2 aliphatic rings. The van der Waals surface area contributed by atoms with Crippen molar-refractivity contribution in [3.63, 3.8) is 0 Å². The van der Waals surface area contributed by atoms with Gasteiger partial charge in [0.25, 0.3) is 0 Å². The average Bonchev–Trinajstić information content (AvgIpc) is 2.16. The third kappa shape index (κ3) is 1.77. The van der Waals surface area contributed by atoms with Crippen LogP contribution in [-0.4, -0.2) is 25.8 Å². The molecule has 0 atom stereocenters. The highest BCUT2D eigenvalue weighted by molar-refractivity contribution is 5.37. The van der Waals surface area contributed by atoms with Crippen molar-refractivity contribution in [1.29, 1.82) is 0 Å². The number of hydrogen-bond acceptors (Lipinski definition) is 2. The minimum absolute atomic E-state index is 0.0949. The molecule has 0 aromatic rings. The lowest BCUT2D eigenvalue weighted by atomic mass is 10.0. The van der Waals surface area contributed by atoms with E-state index in [2.05, 4.69) is 10.6 Å². The van der Waals surface area contributed by atoms with Crippen molar-refractivity contribution in [2.75, 3.05) is 19.6 Å². The van der Waals surface area contributed by atoms with E-state index in [4.69, 9.17) is 0 Å². The normalized spacial score (nSPS) is 22.6. The number of nitrogens with one attached hydrogen (secondary N) is 2. The molecule has 0 unspecified atom stereocenters. The molecule has 2 heterocycles. The first-order valence-corrected chi connectivity index (χ1v) is 4.52. The zero-order chi connectivity index (χ0) is 10.2. The first-order valence-electron chi connectivity index (χ1n) is 4.52. The van der Waals surface area contributed by atoms with E-state index < -0.39 is 11.7 Å². The molecule has 0 aromatic carbocycles. The van der Waals surface area contributed by atoms with Gasteiger partial charge < -0.3 is 10.6 Å². The molecule has 0 aliphatic carbocycles. The Bertz CT molecular complexity index is 302. The van der Waals surface area contributed by atoms with Crippen LogP contribution in [0.5, 0.6) is 0 Å². The summed E-state index contributed by atoms with van der Waals surface area (Å²) in [5.74, 6) is 0. The summed E-state index contributed by atoms with van der Waals surface area (Å²) in [4.78, 5) is 0. The minimum Gasteiger partial charge on any atom is -0.384 e. The molecule has 2 N–H and O–H groups in total. The number of alkyl halides is 3. The molecule has 0 aromatic heterocycles. The summed E-state index contributed by atoms with van der Waals surface area (Å²) in [6, 6.07) is 0. The Balaban J connectivity index is 2.25. The fourth-order valence-corrected chi connectivity index (χ4v) is 1.69. The van der Waals surface area contributed by atoms with E-state index >= 15 is 0 Å². The van der Waals surface area contributed by atoms with E-state index in [-0.39, 0.29) is 6.54 Å². The van der Waals surface area contributed by atoms with Crippen molar-refractivity contribution in [2.24, 2.45) is 0 Å². The smallest absolute Gasteiger partial charge is 0.384 e. The van der Waals surface area contributed by atoms with Crippen LogP contribution in [0, 0.1) is 0 Å². The topological polar surface area (TPSA) is 24.1 Å². The van der Waals surface area contributed by atoms with Crippen LogP contribution in [0.3, 0.4) is 0 Å². The summed E-state index contributed by atoms with van der Waals surface area (Å²) in [6.07, 6.45) is -2.15. The van der Waals surface area contributed by atoms with Crippen LogP contribution in [-0.2, 0) is 0 Å². The summed E-state index contributed by atoms with van der Waals surface area (Å²) < 4.78 is 37.0. The van der Waals surface area contributed by atoms with Gasteiger partial charge >= 0.3 is 6.18 Å². The Kier molecular flexibility index (Phi) is 2.26. The van der Waals surface area contributed by atoms with Gasteiger partial charge in [0.2, 0.25) is 0 Å². The van der Waals surface area contributed by atoms with Gasteiger partial charge in [0, 0.05) is 25.3 Å². The van der Waals surface area contributed by atoms with Crippen LogP contribution in [0.2, 0.25) is 0 Å². The fraction of sp³-hybridized carbons (Fsp3) is 0.556. The van der Waals surface area contributed by atoms with Gasteiger partial charge in [0.1, 0.15) is 0 Å². The Hall–Kier alpha value is -0.970. The first kappa shape index (κ1) is 9.58. The molecule has 0 saturated heterocycles. The van der Waals surface area contributed by atoms with E-state index in [1.54, 1.807) is 0 Å². The van der Waals surface area contributed by atoms with Crippen molar-refractivity contribution in [2.45, 2.75) is 12.6 Å². The molecule has 0 amide bonds. The lowest BCUT2D eigenvalue weighted by Gasteiger charge is -2.27. The zero-order valence-electron chi connectivity index (χ0n) is 7.54. The van der Waals surface area contributed by atoms with E-state index in [0.29, 0.717) is 6.54 Å². The second-order valence-corrected chi connectivity index (χ2v) is 3.45. The SMILES string of the molecule is FC(F)(F)C1=CC2=C(CCNC2)NC1. The molecule has 0 bridgehead atoms. The molecular weight excluding hydrogens is 193 g/mol. The van der Waals surface area contributed by atoms with Gasteiger partial charge in [-0.05, 0) is 18.1 Å². The fourth-order valence-electron chi connectivity index (χ4n) is 1.69. The summed E-state index contributed by atoms with van der Waals surface area (Å²) in [7, 11) is 0. The van der Waals surface area contributed by atoms with Crippen LogP contribution in [0.25, 0.3) is 0 Å². The Morgan fingerprint density at radius 1 is 1.21 bits per heavy atom. The standard InChI is InChI=1S/C9H11F3N2/c10-9(11,12)7-3-6-4-13-2-1-8(6)14-5-7/h3,13-14H,1-2,4-5H2. The third-order valence-corrected chi connectivity index (χ3v) is 2.46. The molecule has 2 aliphatic heterocycles. The Morgan fingerprint density at radius 3 is 2.71 bits per heavy atom. The molecule has 0 spiro atoms. The Labute approximate surface area is 79.9 Å². The van der Waals surface area contributed by atoms with Crippen molar-refractivity contribution in [3.8, 4) is 0 Å². The molecule has 78 valence electrons. The van der Waals surface area contributed by atoms with E-state index in [9.17, 15) is 13.2 Å². The predicted molar refractivity (Wildman–Crippen MR) is 46.7 cm³/mol. The van der Waals surface area contributed by atoms with Gasteiger partial charge in [0.15, 0.2) is 0 Å². The van der Waals surface area contributed by atoms with Crippen LogP contribution in [0.1, 0.15) is 6.42 Å². The van der Waals surface area contributed by atoms with Gasteiger partial charge in [-0.15, -0.1) is 0 Å². The number of halogens is 3. The van der Waals surface area contributed by atoms with Crippen LogP contribution >= 0.6 is 0 Å². The summed E-state index contributed by atoms with van der Waals surface area (Å²) >= 11 is 0. The molecule has 2 rings (SSSR count). The molecule has 2 nitrogen and oxygen atoms in total. The molecule has 0 saturated carbocycles. The molecule has 0 radical (unpaired) electrons. The second kappa shape index (κ2) is 3.31. The van der Waals surface area contributed by atoms with Crippen LogP contribution < -0.4 is 10.6 Å². The van der Waals surface area contributed by atoms with Crippen molar-refractivity contribution >= 4 is 0 Å². The van der Waals surface area contributed by atoms with E-state index in [1.165, 1.54) is 6.08 Å². The van der Waals surface area contributed by atoms with Gasteiger partial charge in [-0.2, -0.15) is 13.2 Å². The van der Waals surface area contributed by atoms with Crippen molar-refractivity contribution in [3.05, 3.63) is 22.9 Å². The maximum absolute atomic E-state index is 12.3. The summed E-state index contributed by atoms with van der Waals surface area (Å²) in [6.45, 7) is 1.27. The van der Waals surface area contributed by atoms with E-state index in [0.717, 1.165) is 24.2 Å². The lowest BCUT2D eigenvalue weighted by molar-refractivity contribution is -0.0930. The quantitative estimate of drug-likeness (QED) is 0.622. The molecule has 14 heavy (non-hydrogen) atoms. The maximum atomic E-state index is 12.3. The monoisotopic (exact) mass is 204 g/mol. The lowest BCUT2D eigenvalue weighted by Crippen LogP contribution is -2.36. The third-order valence-electron chi connectivity index (χ3n) is 2.46. The number of hydrogen-bond donors (Lipinski definition) is 2. The maximum Gasteiger partial charge on any atom is 0.414 e. The van der Waals surface area contributed by atoms with Crippen LogP contribution in [0.4, 0.5) is 13.2 Å². The zero-order valence-corrected chi connectivity index (χ0v) is 7.54. The summed E-state index contributed by atoms with van der Waals surface area (Å²) in [5, 5.41) is 5.88. The van der Waals surface area contributed by atoms with E-state index in [1.807, 2.05) is 0 Å². The van der Waals surface area contributed by atoms with Crippen LogP contribution in [0.15, 0.2) is 22.9 Å². The first-order chi connectivity index (χ1) is 6.57.